The number of nitrogens with zero attached hydrogens (tertiary/aromatic N) is 2. The number of aromatic amines is 1. The molecule has 62 valence electrons. The summed E-state index contributed by atoms with van der Waals surface area (Å²) < 4.78 is 0. The smallest absolute Gasteiger partial charge is 0.116 e. The van der Waals surface area contributed by atoms with Crippen LogP contribution in [0.1, 0.15) is 0 Å². The minimum atomic E-state index is 0.951. The summed E-state index contributed by atoms with van der Waals surface area (Å²) in [5.74, 6) is 0. The third-order valence-electron chi connectivity index (χ3n) is 2.18. The third kappa shape index (κ3) is 0.839. The van der Waals surface area contributed by atoms with Crippen molar-refractivity contribution >= 4 is 21.9 Å². The van der Waals surface area contributed by atoms with E-state index in [0.717, 1.165) is 21.9 Å². The second-order valence-corrected chi connectivity index (χ2v) is 2.94. The van der Waals surface area contributed by atoms with Gasteiger partial charge in [0.05, 0.1) is 11.0 Å². The molecule has 13 heavy (non-hydrogen) atoms. The van der Waals surface area contributed by atoms with Crippen molar-refractivity contribution in [3.8, 4) is 0 Å². The van der Waals surface area contributed by atoms with E-state index >= 15 is 0 Å². The molecule has 0 amide bonds. The van der Waals surface area contributed by atoms with E-state index in [2.05, 4.69) is 15.0 Å². The number of aromatic nitrogens is 3. The number of fused-ring (bicyclic) bond motifs is 3. The molecule has 0 bridgehead atoms. The van der Waals surface area contributed by atoms with Crippen LogP contribution in [0, 0.1) is 0 Å². The molecule has 0 atom stereocenters. The van der Waals surface area contributed by atoms with Gasteiger partial charge in [-0.25, -0.2) is 9.97 Å². The predicted octanol–water partition coefficient (Wildman–Crippen LogP) is 2.11. The molecule has 0 aliphatic carbocycles. The molecule has 1 N–H and O–H groups in total. The molecule has 3 rings (SSSR count). The molecule has 1 aromatic carbocycles. The molecule has 0 aliphatic heterocycles. The normalized spacial score (nSPS) is 11.1. The first kappa shape index (κ1) is 6.60. The summed E-state index contributed by atoms with van der Waals surface area (Å²) in [4.78, 5) is 11.5. The maximum Gasteiger partial charge on any atom is 0.116 e. The molecule has 2 aromatic heterocycles. The molecular weight excluding hydrogens is 162 g/mol. The minimum Gasteiger partial charge on any atom is -0.361 e. The molecule has 2 heterocycles. The Hall–Kier alpha value is -1.90. The van der Waals surface area contributed by atoms with Crippen LogP contribution in [0.15, 0.2) is 36.8 Å². The van der Waals surface area contributed by atoms with E-state index in [9.17, 15) is 0 Å². The van der Waals surface area contributed by atoms with Crippen LogP contribution in [-0.4, -0.2) is 15.0 Å². The van der Waals surface area contributed by atoms with Gasteiger partial charge in [0.1, 0.15) is 6.33 Å². The Balaban J connectivity index is 2.65. The average Bonchev–Trinajstić information content (AvgIpc) is 2.65. The van der Waals surface area contributed by atoms with Crippen LogP contribution >= 0.6 is 0 Å². The van der Waals surface area contributed by atoms with Crippen LogP contribution in [0.4, 0.5) is 0 Å². The number of rotatable bonds is 0. The van der Waals surface area contributed by atoms with Gasteiger partial charge in [-0.05, 0) is 24.3 Å². The standard InChI is InChI=1S/C10H7N3/c1-2-7-8(11-5-1)3-4-9-10(7)13-6-12-9/h1-6,11H. The zero-order valence-corrected chi connectivity index (χ0v) is 6.86. The number of hydrogen-bond donors (Lipinski definition) is 1. The van der Waals surface area contributed by atoms with Crippen molar-refractivity contribution in [2.75, 3.05) is 0 Å². The van der Waals surface area contributed by atoms with Crippen molar-refractivity contribution < 1.29 is 0 Å². The van der Waals surface area contributed by atoms with Crippen LogP contribution in [-0.2, 0) is 0 Å². The molecule has 0 unspecified atom stereocenters. The van der Waals surface area contributed by atoms with Crippen molar-refractivity contribution in [1.82, 2.24) is 15.0 Å². The van der Waals surface area contributed by atoms with E-state index in [4.69, 9.17) is 0 Å². The lowest BCUT2D eigenvalue weighted by Gasteiger charge is -1.96. The lowest BCUT2D eigenvalue weighted by molar-refractivity contribution is 1.35. The van der Waals surface area contributed by atoms with E-state index in [0.29, 0.717) is 0 Å². The fraction of sp³-hybridized carbons (Fsp3) is 0. The molecule has 0 fully saturated rings. The van der Waals surface area contributed by atoms with E-state index in [1.54, 1.807) is 6.33 Å². The van der Waals surface area contributed by atoms with Crippen molar-refractivity contribution in [3.05, 3.63) is 36.8 Å². The fourth-order valence-corrected chi connectivity index (χ4v) is 1.56. The largest absolute Gasteiger partial charge is 0.361 e. The summed E-state index contributed by atoms with van der Waals surface area (Å²) in [6.07, 6.45) is 3.50. The van der Waals surface area contributed by atoms with Crippen LogP contribution in [0.3, 0.4) is 0 Å². The Morgan fingerprint density at radius 2 is 2.08 bits per heavy atom. The summed E-state index contributed by atoms with van der Waals surface area (Å²) in [7, 11) is 0. The van der Waals surface area contributed by atoms with Crippen LogP contribution in [0.25, 0.3) is 21.9 Å². The summed E-state index contributed by atoms with van der Waals surface area (Å²) in [5, 5.41) is 1.12. The lowest BCUT2D eigenvalue weighted by atomic mass is 10.2. The Morgan fingerprint density at radius 3 is 3.08 bits per heavy atom. The second kappa shape index (κ2) is 2.29. The first-order valence-corrected chi connectivity index (χ1v) is 4.12. The van der Waals surface area contributed by atoms with Crippen molar-refractivity contribution in [2.45, 2.75) is 0 Å². The molecule has 0 saturated carbocycles. The van der Waals surface area contributed by atoms with Crippen LogP contribution < -0.4 is 0 Å². The zero-order chi connectivity index (χ0) is 8.67. The highest BCUT2D eigenvalue weighted by Crippen LogP contribution is 2.19. The van der Waals surface area contributed by atoms with E-state index < -0.39 is 0 Å². The maximum atomic E-state index is 4.22. The zero-order valence-electron chi connectivity index (χ0n) is 6.86. The van der Waals surface area contributed by atoms with Gasteiger partial charge in [0.15, 0.2) is 0 Å². The second-order valence-electron chi connectivity index (χ2n) is 2.94. The molecule has 3 nitrogen and oxygen atoms in total. The fourth-order valence-electron chi connectivity index (χ4n) is 1.56. The topological polar surface area (TPSA) is 41.6 Å². The lowest BCUT2D eigenvalue weighted by Crippen LogP contribution is -1.78. The number of hydrogen-bond acceptors (Lipinski definition) is 2. The predicted molar refractivity (Wildman–Crippen MR) is 51.4 cm³/mol. The third-order valence-corrected chi connectivity index (χ3v) is 2.18. The number of imidazole rings is 1. The average molecular weight is 169 g/mol. The molecule has 0 aliphatic rings. The molecule has 3 aromatic rings. The molecule has 0 saturated heterocycles. The van der Waals surface area contributed by atoms with Crippen molar-refractivity contribution in [3.63, 3.8) is 0 Å². The molecular formula is C10H7N3. The summed E-state index contributed by atoms with van der Waals surface area (Å²) >= 11 is 0. The Morgan fingerprint density at radius 1 is 1.08 bits per heavy atom. The summed E-state index contributed by atoms with van der Waals surface area (Å²) in [6.45, 7) is 0. The van der Waals surface area contributed by atoms with Gasteiger partial charge < -0.3 is 4.98 Å². The highest BCUT2D eigenvalue weighted by molar-refractivity contribution is 6.02. The number of benzene rings is 1. The van der Waals surface area contributed by atoms with Gasteiger partial charge in [-0.1, -0.05) is 0 Å². The number of H-pyrrole nitrogens is 1. The maximum absolute atomic E-state index is 4.22. The molecule has 3 heteroatoms. The Kier molecular flexibility index (Phi) is 1.16. The highest BCUT2D eigenvalue weighted by Gasteiger charge is 2.01. The summed E-state index contributed by atoms with van der Waals surface area (Å²) in [5.41, 5.74) is 3.01. The summed E-state index contributed by atoms with van der Waals surface area (Å²) in [6, 6.07) is 8.01. The van der Waals surface area contributed by atoms with Gasteiger partial charge in [0.2, 0.25) is 0 Å². The molecule has 0 spiro atoms. The van der Waals surface area contributed by atoms with E-state index in [1.807, 2.05) is 30.5 Å². The van der Waals surface area contributed by atoms with Gasteiger partial charge in [-0.2, -0.15) is 0 Å². The van der Waals surface area contributed by atoms with Gasteiger partial charge in [-0.3, -0.25) is 0 Å². The molecule has 0 radical (unpaired) electrons. The van der Waals surface area contributed by atoms with E-state index in [-0.39, 0.29) is 0 Å². The Labute approximate surface area is 74.4 Å². The number of pyridine rings is 1. The first-order valence-electron chi connectivity index (χ1n) is 4.12. The van der Waals surface area contributed by atoms with Gasteiger partial charge >= 0.3 is 0 Å². The first-order chi connectivity index (χ1) is 6.45. The van der Waals surface area contributed by atoms with Crippen molar-refractivity contribution in [2.24, 2.45) is 0 Å². The van der Waals surface area contributed by atoms with Crippen molar-refractivity contribution in [1.29, 1.82) is 0 Å². The highest BCUT2D eigenvalue weighted by atomic mass is 14.9. The van der Waals surface area contributed by atoms with E-state index in [1.165, 1.54) is 0 Å². The van der Waals surface area contributed by atoms with Gasteiger partial charge in [-0.15, -0.1) is 0 Å². The van der Waals surface area contributed by atoms with Crippen LogP contribution in [0.5, 0.6) is 0 Å². The SMILES string of the molecule is c1c[nH]c2ccc3ncnc3c2c1. The van der Waals surface area contributed by atoms with Crippen LogP contribution in [0.2, 0.25) is 0 Å². The quantitative estimate of drug-likeness (QED) is 0.560. The Bertz CT molecular complexity index is 568. The number of nitrogens with one attached hydrogen (secondary N) is 1. The van der Waals surface area contributed by atoms with Gasteiger partial charge in [0, 0.05) is 17.1 Å². The monoisotopic (exact) mass is 169 g/mol. The van der Waals surface area contributed by atoms with Gasteiger partial charge in [0.25, 0.3) is 0 Å². The minimum absolute atomic E-state index is 0.951.